The smallest absolute Gasteiger partial charge is 0.321 e. The summed E-state index contributed by atoms with van der Waals surface area (Å²) in [6.45, 7) is 0.926. The molecule has 0 spiro atoms. The Hall–Kier alpha value is -2.29. The predicted octanol–water partition coefficient (Wildman–Crippen LogP) is 3.32. The van der Waals surface area contributed by atoms with Crippen LogP contribution in [0.2, 0.25) is 5.02 Å². The third kappa shape index (κ3) is 5.15. The molecule has 1 aliphatic rings. The molecule has 0 aromatic heterocycles. The third-order valence-corrected chi connectivity index (χ3v) is 6.30. The molecule has 1 aliphatic heterocycles. The van der Waals surface area contributed by atoms with Gasteiger partial charge < -0.3 is 15.0 Å². The van der Waals surface area contributed by atoms with Gasteiger partial charge in [-0.15, -0.1) is 0 Å². The van der Waals surface area contributed by atoms with Gasteiger partial charge >= 0.3 is 6.03 Å². The number of hydrogen-bond acceptors (Lipinski definition) is 4. The Morgan fingerprint density at radius 1 is 1.14 bits per heavy atom. The van der Waals surface area contributed by atoms with E-state index >= 15 is 0 Å². The van der Waals surface area contributed by atoms with Crippen molar-refractivity contribution in [1.29, 1.82) is 0 Å². The first-order valence-corrected chi connectivity index (χ1v) is 10.7. The van der Waals surface area contributed by atoms with Crippen LogP contribution in [0.1, 0.15) is 12.8 Å². The van der Waals surface area contributed by atoms with Gasteiger partial charge in [0.05, 0.1) is 12.0 Å². The minimum Gasteiger partial charge on any atom is -0.497 e. The lowest BCUT2D eigenvalue weighted by Crippen LogP contribution is -2.47. The first kappa shape index (κ1) is 20.4. The number of amides is 2. The fourth-order valence-electron chi connectivity index (χ4n) is 3.00. The zero-order valence-electron chi connectivity index (χ0n) is 15.4. The quantitative estimate of drug-likeness (QED) is 0.772. The van der Waals surface area contributed by atoms with E-state index in [9.17, 15) is 13.2 Å². The number of likely N-dealkylation sites (tertiary alicyclic amines) is 1. The summed E-state index contributed by atoms with van der Waals surface area (Å²) in [5.41, 5.74) is 0.676. The van der Waals surface area contributed by atoms with Gasteiger partial charge in [-0.1, -0.05) is 17.7 Å². The molecule has 0 atom stereocenters. The van der Waals surface area contributed by atoms with Crippen molar-refractivity contribution in [1.82, 2.24) is 9.62 Å². The summed E-state index contributed by atoms with van der Waals surface area (Å²) >= 11 is 5.88. The van der Waals surface area contributed by atoms with Crippen LogP contribution in [0.25, 0.3) is 0 Å². The monoisotopic (exact) mass is 423 g/mol. The van der Waals surface area contributed by atoms with Crippen LogP contribution in [-0.2, 0) is 10.0 Å². The van der Waals surface area contributed by atoms with Crippen molar-refractivity contribution >= 4 is 33.3 Å². The fourth-order valence-corrected chi connectivity index (χ4v) is 4.60. The highest BCUT2D eigenvalue weighted by molar-refractivity contribution is 7.89. The number of methoxy groups -OCH3 is 1. The Morgan fingerprint density at radius 3 is 2.43 bits per heavy atom. The largest absolute Gasteiger partial charge is 0.497 e. The minimum atomic E-state index is -3.64. The number of carbonyl (C=O) groups excluding carboxylic acids is 1. The van der Waals surface area contributed by atoms with Crippen molar-refractivity contribution in [3.05, 3.63) is 53.6 Å². The van der Waals surface area contributed by atoms with Crippen molar-refractivity contribution in [2.24, 2.45) is 0 Å². The van der Waals surface area contributed by atoms with Gasteiger partial charge in [0.2, 0.25) is 10.0 Å². The van der Waals surface area contributed by atoms with Gasteiger partial charge in [0.15, 0.2) is 0 Å². The zero-order chi connectivity index (χ0) is 20.1. The standard InChI is InChI=1S/C19H22ClN3O4S/c1-27-17-7-5-15(6-8-17)21-19(24)23-11-9-16(10-12-23)22-28(25,26)18-4-2-3-14(20)13-18/h2-8,13,16,22H,9-12H2,1H3,(H,21,24). The summed E-state index contributed by atoms with van der Waals surface area (Å²) in [6.07, 6.45) is 1.08. The normalized spacial score (nSPS) is 15.3. The van der Waals surface area contributed by atoms with Crippen molar-refractivity contribution < 1.29 is 17.9 Å². The summed E-state index contributed by atoms with van der Waals surface area (Å²) in [5, 5.41) is 3.20. The van der Waals surface area contributed by atoms with Crippen molar-refractivity contribution in [3.8, 4) is 5.75 Å². The molecule has 28 heavy (non-hydrogen) atoms. The first-order valence-electron chi connectivity index (χ1n) is 8.85. The van der Waals surface area contributed by atoms with E-state index in [1.54, 1.807) is 48.4 Å². The Morgan fingerprint density at radius 2 is 1.82 bits per heavy atom. The number of anilines is 1. The lowest BCUT2D eigenvalue weighted by molar-refractivity contribution is 0.193. The molecule has 0 aliphatic carbocycles. The van der Waals surface area contributed by atoms with Crippen molar-refractivity contribution in [2.75, 3.05) is 25.5 Å². The second-order valence-corrected chi connectivity index (χ2v) is 8.65. The molecule has 0 radical (unpaired) electrons. The van der Waals surface area contributed by atoms with E-state index in [1.165, 1.54) is 12.1 Å². The van der Waals surface area contributed by atoms with Gasteiger partial charge in [-0.25, -0.2) is 17.9 Å². The van der Waals surface area contributed by atoms with Gasteiger partial charge in [0, 0.05) is 29.8 Å². The van der Waals surface area contributed by atoms with Crippen LogP contribution < -0.4 is 14.8 Å². The Balaban J connectivity index is 1.53. The van der Waals surface area contributed by atoms with Crippen LogP contribution in [-0.4, -0.2) is 45.6 Å². The molecule has 2 aromatic rings. The first-order chi connectivity index (χ1) is 13.4. The number of sulfonamides is 1. The number of benzene rings is 2. The molecular weight excluding hydrogens is 402 g/mol. The molecule has 2 aromatic carbocycles. The van der Waals surface area contributed by atoms with Crippen LogP contribution in [0.5, 0.6) is 5.75 Å². The molecule has 150 valence electrons. The molecule has 3 rings (SSSR count). The molecule has 2 N–H and O–H groups in total. The lowest BCUT2D eigenvalue weighted by atomic mass is 10.1. The number of urea groups is 1. The zero-order valence-corrected chi connectivity index (χ0v) is 17.0. The average Bonchev–Trinajstić information content (AvgIpc) is 2.69. The van der Waals surface area contributed by atoms with Gasteiger partial charge in [-0.3, -0.25) is 0 Å². The second kappa shape index (κ2) is 8.81. The highest BCUT2D eigenvalue weighted by Gasteiger charge is 2.26. The number of nitrogens with zero attached hydrogens (tertiary/aromatic N) is 1. The van der Waals surface area contributed by atoms with Gasteiger partial charge in [-0.05, 0) is 55.3 Å². The summed E-state index contributed by atoms with van der Waals surface area (Å²) in [7, 11) is -2.06. The number of ether oxygens (including phenoxy) is 1. The fraction of sp³-hybridized carbons (Fsp3) is 0.316. The number of piperidine rings is 1. The predicted molar refractivity (Wildman–Crippen MR) is 108 cm³/mol. The Kier molecular flexibility index (Phi) is 6.43. The lowest BCUT2D eigenvalue weighted by Gasteiger charge is -2.32. The number of nitrogens with one attached hydrogen (secondary N) is 2. The molecule has 0 saturated carbocycles. The maximum absolute atomic E-state index is 12.5. The van der Waals surface area contributed by atoms with E-state index in [0.29, 0.717) is 42.4 Å². The van der Waals surface area contributed by atoms with E-state index in [1.807, 2.05) is 0 Å². The SMILES string of the molecule is COc1ccc(NC(=O)N2CCC(NS(=O)(=O)c3cccc(Cl)c3)CC2)cc1. The molecule has 0 bridgehead atoms. The summed E-state index contributed by atoms with van der Waals surface area (Å²) in [4.78, 5) is 14.2. The van der Waals surface area contributed by atoms with Crippen molar-refractivity contribution in [2.45, 2.75) is 23.8 Å². The van der Waals surface area contributed by atoms with E-state index in [4.69, 9.17) is 16.3 Å². The van der Waals surface area contributed by atoms with Crippen LogP contribution in [0.4, 0.5) is 10.5 Å². The van der Waals surface area contributed by atoms with Gasteiger partial charge in [0.25, 0.3) is 0 Å². The average molecular weight is 424 g/mol. The Labute approximate surface area is 169 Å². The van der Waals surface area contributed by atoms with E-state index < -0.39 is 10.0 Å². The third-order valence-electron chi connectivity index (χ3n) is 4.55. The number of carbonyl (C=O) groups is 1. The molecule has 1 heterocycles. The number of halogens is 1. The molecule has 2 amide bonds. The second-order valence-electron chi connectivity index (χ2n) is 6.50. The van der Waals surface area contributed by atoms with Crippen molar-refractivity contribution in [3.63, 3.8) is 0 Å². The molecule has 1 fully saturated rings. The Bertz CT molecular complexity index is 926. The topological polar surface area (TPSA) is 87.7 Å². The van der Waals surface area contributed by atoms with Gasteiger partial charge in [-0.2, -0.15) is 0 Å². The summed E-state index contributed by atoms with van der Waals surface area (Å²) in [6, 6.07) is 12.8. The molecule has 9 heteroatoms. The molecule has 1 saturated heterocycles. The highest BCUT2D eigenvalue weighted by atomic mass is 35.5. The molecular formula is C19H22ClN3O4S. The summed E-state index contributed by atoms with van der Waals surface area (Å²) < 4.78 is 32.8. The van der Waals surface area contributed by atoms with Crippen LogP contribution in [0, 0.1) is 0 Å². The number of hydrogen-bond donors (Lipinski definition) is 2. The van der Waals surface area contributed by atoms with Crippen LogP contribution >= 0.6 is 11.6 Å². The highest BCUT2D eigenvalue weighted by Crippen LogP contribution is 2.19. The van der Waals surface area contributed by atoms with E-state index in [0.717, 1.165) is 0 Å². The maximum atomic E-state index is 12.5. The van der Waals surface area contributed by atoms with Crippen LogP contribution in [0.15, 0.2) is 53.4 Å². The molecule has 7 nitrogen and oxygen atoms in total. The van der Waals surface area contributed by atoms with E-state index in [2.05, 4.69) is 10.0 Å². The van der Waals surface area contributed by atoms with Crippen LogP contribution in [0.3, 0.4) is 0 Å². The summed E-state index contributed by atoms with van der Waals surface area (Å²) in [5.74, 6) is 0.714. The number of rotatable bonds is 5. The molecule has 0 unspecified atom stereocenters. The maximum Gasteiger partial charge on any atom is 0.321 e. The minimum absolute atomic E-state index is 0.139. The van der Waals surface area contributed by atoms with E-state index in [-0.39, 0.29) is 17.0 Å². The van der Waals surface area contributed by atoms with Gasteiger partial charge in [0.1, 0.15) is 5.75 Å².